The van der Waals surface area contributed by atoms with Crippen LogP contribution in [0.1, 0.15) is 12.5 Å². The topological polar surface area (TPSA) is 96.7 Å². The van der Waals surface area contributed by atoms with Crippen molar-refractivity contribution < 1.29 is 32.9 Å². The number of ether oxygens (including phenoxy) is 2. The molecular formula is C12H13ClF3N3O4. The Labute approximate surface area is 133 Å². The number of nitrogens with zero attached hydrogens (tertiary/aromatic N) is 2. The average molecular weight is 356 g/mol. The monoisotopic (exact) mass is 355 g/mol. The molecule has 2 bridgehead atoms. The number of fused-ring (bicyclic) bond motifs is 2. The standard InChI is InChI=1S/C12H13ClF3N3O4/c1-11-3-22-9(23-11)5(6(20)7(11)21)18-10-17-2-4(8(13)19-10)12(14,15)16/h2,5-7,9,20-21H,3H2,1H3,(H,17,18,19)/t5-,6-,7-,9+,11+/m1/s1. The first kappa shape index (κ1) is 16.7. The van der Waals surface area contributed by atoms with Gasteiger partial charge < -0.3 is 25.0 Å². The lowest BCUT2D eigenvalue weighted by molar-refractivity contribution is -0.208. The number of aliphatic hydroxyl groups excluding tert-OH is 2. The van der Waals surface area contributed by atoms with Crippen LogP contribution < -0.4 is 5.32 Å². The number of alkyl halides is 3. The Kier molecular flexibility index (Phi) is 3.92. The van der Waals surface area contributed by atoms with E-state index >= 15 is 0 Å². The van der Waals surface area contributed by atoms with E-state index in [-0.39, 0.29) is 12.6 Å². The Morgan fingerprint density at radius 2 is 2.13 bits per heavy atom. The van der Waals surface area contributed by atoms with Crippen LogP contribution >= 0.6 is 11.6 Å². The number of aromatic nitrogens is 2. The molecule has 2 aliphatic heterocycles. The van der Waals surface area contributed by atoms with Crippen LogP contribution in [0.5, 0.6) is 0 Å². The number of hydrogen-bond donors (Lipinski definition) is 3. The molecule has 2 fully saturated rings. The number of aliphatic hydroxyl groups is 2. The molecule has 0 aromatic carbocycles. The molecule has 3 heterocycles. The lowest BCUT2D eigenvalue weighted by atomic mass is 9.89. The van der Waals surface area contributed by atoms with Gasteiger partial charge in [-0.1, -0.05) is 11.6 Å². The zero-order valence-electron chi connectivity index (χ0n) is 11.7. The zero-order valence-corrected chi connectivity index (χ0v) is 12.5. The van der Waals surface area contributed by atoms with Crippen LogP contribution in [0.25, 0.3) is 0 Å². The number of rotatable bonds is 2. The molecule has 0 radical (unpaired) electrons. The van der Waals surface area contributed by atoms with Gasteiger partial charge in [0.1, 0.15) is 34.6 Å². The maximum atomic E-state index is 12.6. The molecule has 2 aliphatic rings. The normalized spacial score (nSPS) is 37.0. The van der Waals surface area contributed by atoms with E-state index in [9.17, 15) is 23.4 Å². The van der Waals surface area contributed by atoms with Crippen molar-refractivity contribution in [1.82, 2.24) is 9.97 Å². The second kappa shape index (κ2) is 5.42. The molecule has 0 unspecified atom stereocenters. The molecule has 3 rings (SSSR count). The molecule has 0 aliphatic carbocycles. The minimum Gasteiger partial charge on any atom is -0.388 e. The predicted octanol–water partition coefficient (Wildman–Crippen LogP) is 0.796. The van der Waals surface area contributed by atoms with Crippen molar-refractivity contribution in [3.63, 3.8) is 0 Å². The molecule has 0 amide bonds. The van der Waals surface area contributed by atoms with Crippen molar-refractivity contribution in [2.75, 3.05) is 11.9 Å². The third-order valence-corrected chi connectivity index (χ3v) is 4.16. The van der Waals surface area contributed by atoms with Gasteiger partial charge in [0, 0.05) is 6.20 Å². The first-order chi connectivity index (χ1) is 10.6. The average Bonchev–Trinajstić information content (AvgIpc) is 2.81. The maximum Gasteiger partial charge on any atom is 0.420 e. The number of nitrogens with one attached hydrogen (secondary N) is 1. The maximum absolute atomic E-state index is 12.6. The molecule has 0 spiro atoms. The highest BCUT2D eigenvalue weighted by atomic mass is 35.5. The Morgan fingerprint density at radius 1 is 1.43 bits per heavy atom. The third-order valence-electron chi connectivity index (χ3n) is 3.87. The summed E-state index contributed by atoms with van der Waals surface area (Å²) in [4.78, 5) is 7.04. The van der Waals surface area contributed by atoms with Gasteiger partial charge in [-0.05, 0) is 6.92 Å². The molecular weight excluding hydrogens is 343 g/mol. The van der Waals surface area contributed by atoms with Gasteiger partial charge >= 0.3 is 6.18 Å². The molecule has 1 aromatic heterocycles. The number of anilines is 1. The molecule has 11 heteroatoms. The van der Waals surface area contributed by atoms with Crippen LogP contribution in [-0.4, -0.2) is 56.9 Å². The second-order valence-corrected chi connectivity index (χ2v) is 5.97. The van der Waals surface area contributed by atoms with Gasteiger partial charge in [0.05, 0.1) is 6.61 Å². The van der Waals surface area contributed by atoms with Gasteiger partial charge in [0.15, 0.2) is 6.29 Å². The van der Waals surface area contributed by atoms with Gasteiger partial charge in [-0.3, -0.25) is 0 Å². The summed E-state index contributed by atoms with van der Waals surface area (Å²) in [6, 6.07) is -0.964. The summed E-state index contributed by atoms with van der Waals surface area (Å²) in [6.07, 6.45) is -7.57. The smallest absolute Gasteiger partial charge is 0.388 e. The first-order valence-electron chi connectivity index (χ1n) is 6.64. The second-order valence-electron chi connectivity index (χ2n) is 5.61. The van der Waals surface area contributed by atoms with Crippen LogP contribution in [0.4, 0.5) is 19.1 Å². The van der Waals surface area contributed by atoms with Crippen LogP contribution in [0.3, 0.4) is 0 Å². The van der Waals surface area contributed by atoms with Crippen LogP contribution in [0.15, 0.2) is 6.20 Å². The number of hydrogen-bond acceptors (Lipinski definition) is 7. The lowest BCUT2D eigenvalue weighted by Crippen LogP contribution is -2.61. The molecule has 2 saturated heterocycles. The van der Waals surface area contributed by atoms with Crippen molar-refractivity contribution in [2.24, 2.45) is 0 Å². The highest BCUT2D eigenvalue weighted by Gasteiger charge is 2.56. The summed E-state index contributed by atoms with van der Waals surface area (Å²) in [5.74, 6) is -0.248. The summed E-state index contributed by atoms with van der Waals surface area (Å²) in [7, 11) is 0. The predicted molar refractivity (Wildman–Crippen MR) is 70.7 cm³/mol. The summed E-state index contributed by atoms with van der Waals surface area (Å²) in [5, 5.41) is 22.0. The minimum atomic E-state index is -4.67. The molecule has 1 aromatic rings. The Bertz CT molecular complexity index is 620. The van der Waals surface area contributed by atoms with E-state index in [0.29, 0.717) is 6.20 Å². The third kappa shape index (κ3) is 2.85. The van der Waals surface area contributed by atoms with E-state index < -0.39 is 47.0 Å². The summed E-state index contributed by atoms with van der Waals surface area (Å²) in [5.41, 5.74) is -2.21. The SMILES string of the molecule is C[C@@]12CO[C@@H](O1)[C@H](Nc1ncc(C(F)(F)F)c(Cl)n1)[C@@H](O)[C@H]2O. The van der Waals surface area contributed by atoms with Crippen molar-refractivity contribution in [2.45, 2.75) is 43.2 Å². The Hall–Kier alpha value is -1.20. The molecule has 3 N–H and O–H groups in total. The van der Waals surface area contributed by atoms with Gasteiger partial charge in [-0.2, -0.15) is 13.2 Å². The van der Waals surface area contributed by atoms with Crippen LogP contribution in [0.2, 0.25) is 5.15 Å². The Morgan fingerprint density at radius 3 is 2.74 bits per heavy atom. The van der Waals surface area contributed by atoms with Gasteiger partial charge in [-0.25, -0.2) is 9.97 Å². The van der Waals surface area contributed by atoms with E-state index in [4.69, 9.17) is 21.1 Å². The summed E-state index contributed by atoms with van der Waals surface area (Å²) < 4.78 is 48.7. The van der Waals surface area contributed by atoms with Gasteiger partial charge in [-0.15, -0.1) is 0 Å². The van der Waals surface area contributed by atoms with Crippen molar-refractivity contribution in [3.05, 3.63) is 16.9 Å². The summed E-state index contributed by atoms with van der Waals surface area (Å²) >= 11 is 5.51. The highest BCUT2D eigenvalue weighted by Crippen LogP contribution is 2.38. The van der Waals surface area contributed by atoms with E-state index in [2.05, 4.69) is 15.3 Å². The zero-order chi connectivity index (χ0) is 17.0. The van der Waals surface area contributed by atoms with E-state index in [1.165, 1.54) is 0 Å². The fraction of sp³-hybridized carbons (Fsp3) is 0.667. The summed E-state index contributed by atoms with van der Waals surface area (Å²) in [6.45, 7) is 1.66. The fourth-order valence-corrected chi connectivity index (χ4v) is 2.79. The highest BCUT2D eigenvalue weighted by molar-refractivity contribution is 6.30. The molecule has 128 valence electrons. The molecule has 5 atom stereocenters. The number of halogens is 4. The van der Waals surface area contributed by atoms with Crippen LogP contribution in [0, 0.1) is 0 Å². The van der Waals surface area contributed by atoms with Crippen LogP contribution in [-0.2, 0) is 15.7 Å². The van der Waals surface area contributed by atoms with Crippen molar-refractivity contribution in [1.29, 1.82) is 0 Å². The molecule has 23 heavy (non-hydrogen) atoms. The van der Waals surface area contributed by atoms with E-state index in [1.54, 1.807) is 6.92 Å². The van der Waals surface area contributed by atoms with Gasteiger partial charge in [0.2, 0.25) is 5.95 Å². The first-order valence-corrected chi connectivity index (χ1v) is 7.01. The van der Waals surface area contributed by atoms with Crippen molar-refractivity contribution in [3.8, 4) is 0 Å². The lowest BCUT2D eigenvalue weighted by Gasteiger charge is -2.41. The molecule has 7 nitrogen and oxygen atoms in total. The molecule has 0 saturated carbocycles. The Balaban J connectivity index is 1.81. The van der Waals surface area contributed by atoms with E-state index in [1.807, 2.05) is 0 Å². The fourth-order valence-electron chi connectivity index (χ4n) is 2.55. The quantitative estimate of drug-likeness (QED) is 0.675. The van der Waals surface area contributed by atoms with E-state index in [0.717, 1.165) is 0 Å². The largest absolute Gasteiger partial charge is 0.420 e. The minimum absolute atomic E-state index is 0.0721. The van der Waals surface area contributed by atoms with Gasteiger partial charge in [0.25, 0.3) is 0 Å². The van der Waals surface area contributed by atoms with Crippen molar-refractivity contribution >= 4 is 17.5 Å².